The van der Waals surface area contributed by atoms with Crippen LogP contribution in [0, 0.1) is 0 Å². The summed E-state index contributed by atoms with van der Waals surface area (Å²) < 4.78 is 5.16. The van der Waals surface area contributed by atoms with E-state index in [4.69, 9.17) is 21.8 Å². The van der Waals surface area contributed by atoms with Crippen molar-refractivity contribution in [2.75, 3.05) is 6.54 Å². The third-order valence-corrected chi connectivity index (χ3v) is 2.36. The minimum atomic E-state index is -0.179. The molecule has 0 bridgehead atoms. The lowest BCUT2D eigenvalue weighted by molar-refractivity contribution is 0.100. The molecule has 14 heavy (non-hydrogen) atoms. The number of carbonyl (C=O) groups excluding carboxylic acids is 1. The van der Waals surface area contributed by atoms with Crippen LogP contribution < -0.4 is 5.73 Å². The Morgan fingerprint density at radius 1 is 1.43 bits per heavy atom. The molecule has 0 unspecified atom stereocenters. The average molecular weight is 210 g/mol. The first-order valence-electron chi connectivity index (χ1n) is 4.13. The van der Waals surface area contributed by atoms with E-state index < -0.39 is 0 Å². The number of halogens is 1. The quantitative estimate of drug-likeness (QED) is 0.772. The van der Waals surface area contributed by atoms with E-state index in [0.717, 1.165) is 0 Å². The second-order valence-corrected chi connectivity index (χ2v) is 3.29. The molecule has 3 nitrogen and oxygen atoms in total. The number of fused-ring (bicyclic) bond motifs is 1. The zero-order chi connectivity index (χ0) is 10.1. The highest BCUT2D eigenvalue weighted by atomic mass is 35.5. The van der Waals surface area contributed by atoms with Gasteiger partial charge in [-0.2, -0.15) is 0 Å². The van der Waals surface area contributed by atoms with Gasteiger partial charge in [-0.25, -0.2) is 0 Å². The molecule has 1 aromatic carbocycles. The molecule has 2 aromatic rings. The summed E-state index contributed by atoms with van der Waals surface area (Å²) in [7, 11) is 0. The van der Waals surface area contributed by atoms with E-state index >= 15 is 0 Å². The van der Waals surface area contributed by atoms with E-state index in [2.05, 4.69) is 0 Å². The number of hydrogen-bond donors (Lipinski definition) is 1. The lowest BCUT2D eigenvalue weighted by Gasteiger charge is -2.02. The monoisotopic (exact) mass is 209 g/mol. The van der Waals surface area contributed by atoms with Gasteiger partial charge in [0.25, 0.3) is 0 Å². The van der Waals surface area contributed by atoms with Crippen LogP contribution >= 0.6 is 11.6 Å². The maximum absolute atomic E-state index is 11.5. The van der Waals surface area contributed by atoms with E-state index in [1.807, 2.05) is 0 Å². The first-order chi connectivity index (χ1) is 6.74. The van der Waals surface area contributed by atoms with E-state index in [1.165, 1.54) is 6.26 Å². The van der Waals surface area contributed by atoms with Gasteiger partial charge in [0.1, 0.15) is 5.58 Å². The molecule has 0 atom stereocenters. The minimum absolute atomic E-state index is 0.0516. The molecule has 0 saturated heterocycles. The van der Waals surface area contributed by atoms with Crippen LogP contribution in [0.1, 0.15) is 10.4 Å². The van der Waals surface area contributed by atoms with Gasteiger partial charge < -0.3 is 10.2 Å². The van der Waals surface area contributed by atoms with Crippen LogP contribution in [0.4, 0.5) is 0 Å². The molecule has 1 aromatic heterocycles. The zero-order valence-corrected chi connectivity index (χ0v) is 8.04. The Hall–Kier alpha value is -1.32. The molecular weight excluding hydrogens is 202 g/mol. The third-order valence-electron chi connectivity index (χ3n) is 2.05. The summed E-state index contributed by atoms with van der Waals surface area (Å²) in [6.07, 6.45) is 1.52. The number of carbonyl (C=O) groups is 1. The van der Waals surface area contributed by atoms with Crippen molar-refractivity contribution in [3.63, 3.8) is 0 Å². The first kappa shape index (κ1) is 9.24. The van der Waals surface area contributed by atoms with E-state index in [0.29, 0.717) is 21.6 Å². The van der Waals surface area contributed by atoms with Crippen LogP contribution in [0.2, 0.25) is 5.02 Å². The van der Waals surface area contributed by atoms with Gasteiger partial charge in [0.05, 0.1) is 17.8 Å². The number of rotatable bonds is 2. The lowest BCUT2D eigenvalue weighted by Crippen LogP contribution is -2.14. The predicted molar refractivity (Wildman–Crippen MR) is 54.6 cm³/mol. The van der Waals surface area contributed by atoms with Gasteiger partial charge in [-0.15, -0.1) is 0 Å². The number of nitrogens with two attached hydrogens (primary N) is 1. The number of furan rings is 1. The van der Waals surface area contributed by atoms with Crippen LogP contribution in [0.3, 0.4) is 0 Å². The second-order valence-electron chi connectivity index (χ2n) is 2.88. The normalized spacial score (nSPS) is 10.7. The summed E-state index contributed by atoms with van der Waals surface area (Å²) in [5.74, 6) is -0.179. The largest absolute Gasteiger partial charge is 0.464 e. The van der Waals surface area contributed by atoms with E-state index in [-0.39, 0.29) is 12.3 Å². The first-order valence-corrected chi connectivity index (χ1v) is 4.51. The number of Topliss-reactive ketones (excluding diaryl/α,β-unsaturated/α-hetero) is 1. The predicted octanol–water partition coefficient (Wildman–Crippen LogP) is 2.23. The molecule has 0 aliphatic carbocycles. The molecule has 0 saturated carbocycles. The van der Waals surface area contributed by atoms with Crippen molar-refractivity contribution in [1.82, 2.24) is 0 Å². The Morgan fingerprint density at radius 2 is 2.21 bits per heavy atom. The topological polar surface area (TPSA) is 56.2 Å². The second kappa shape index (κ2) is 3.44. The van der Waals surface area contributed by atoms with Crippen LogP contribution in [-0.4, -0.2) is 12.3 Å². The Balaban J connectivity index is 2.76. The van der Waals surface area contributed by atoms with Gasteiger partial charge in [0.2, 0.25) is 0 Å². The van der Waals surface area contributed by atoms with Crippen LogP contribution in [-0.2, 0) is 0 Å². The molecule has 0 aliphatic heterocycles. The summed E-state index contributed by atoms with van der Waals surface area (Å²) in [6.45, 7) is -0.0516. The number of hydrogen-bond acceptors (Lipinski definition) is 3. The number of benzene rings is 1. The maximum Gasteiger partial charge on any atom is 0.178 e. The standard InChI is InChI=1S/C10H8ClNO2/c11-7-1-2-9-6(3-4-14-9)10(7)8(13)5-12/h1-4H,5,12H2. The fourth-order valence-electron chi connectivity index (χ4n) is 1.40. The van der Waals surface area contributed by atoms with Gasteiger partial charge in [-0.1, -0.05) is 11.6 Å². The fraction of sp³-hybridized carbons (Fsp3) is 0.100. The van der Waals surface area contributed by atoms with Crippen molar-refractivity contribution in [3.8, 4) is 0 Å². The summed E-state index contributed by atoms with van der Waals surface area (Å²) in [5, 5.41) is 1.13. The highest BCUT2D eigenvalue weighted by molar-refractivity contribution is 6.35. The smallest absolute Gasteiger partial charge is 0.178 e. The fourth-order valence-corrected chi connectivity index (χ4v) is 1.67. The van der Waals surface area contributed by atoms with Crippen molar-refractivity contribution in [2.45, 2.75) is 0 Å². The Morgan fingerprint density at radius 3 is 2.93 bits per heavy atom. The molecule has 0 fully saturated rings. The SMILES string of the molecule is NCC(=O)c1c(Cl)ccc2occc12. The van der Waals surface area contributed by atoms with Crippen molar-refractivity contribution >= 4 is 28.4 Å². The van der Waals surface area contributed by atoms with Gasteiger partial charge in [-0.3, -0.25) is 4.79 Å². The molecule has 72 valence electrons. The summed E-state index contributed by atoms with van der Waals surface area (Å²) in [5.41, 5.74) is 6.38. The van der Waals surface area contributed by atoms with Gasteiger partial charge in [0.15, 0.2) is 5.78 Å². The summed E-state index contributed by atoms with van der Waals surface area (Å²) >= 11 is 5.92. The zero-order valence-electron chi connectivity index (χ0n) is 7.29. The van der Waals surface area contributed by atoms with E-state index in [9.17, 15) is 4.79 Å². The summed E-state index contributed by atoms with van der Waals surface area (Å²) in [6, 6.07) is 5.07. The molecule has 1 heterocycles. The van der Waals surface area contributed by atoms with Crippen molar-refractivity contribution < 1.29 is 9.21 Å². The molecular formula is C10H8ClNO2. The Kier molecular flexibility index (Phi) is 2.27. The van der Waals surface area contributed by atoms with E-state index in [1.54, 1.807) is 18.2 Å². The highest BCUT2D eigenvalue weighted by Crippen LogP contribution is 2.27. The molecule has 0 radical (unpaired) electrons. The average Bonchev–Trinajstić information content (AvgIpc) is 2.64. The third kappa shape index (κ3) is 1.31. The van der Waals surface area contributed by atoms with Gasteiger partial charge in [-0.05, 0) is 18.2 Å². The van der Waals surface area contributed by atoms with Crippen molar-refractivity contribution in [2.24, 2.45) is 5.73 Å². The Bertz CT molecular complexity index is 490. The van der Waals surface area contributed by atoms with Gasteiger partial charge >= 0.3 is 0 Å². The van der Waals surface area contributed by atoms with Gasteiger partial charge in [0, 0.05) is 10.9 Å². The summed E-state index contributed by atoms with van der Waals surface area (Å²) in [4.78, 5) is 11.5. The number of ketones is 1. The Labute approximate surface area is 85.4 Å². The minimum Gasteiger partial charge on any atom is -0.464 e. The molecule has 2 rings (SSSR count). The molecule has 0 aliphatic rings. The lowest BCUT2D eigenvalue weighted by atomic mass is 10.1. The highest BCUT2D eigenvalue weighted by Gasteiger charge is 2.14. The molecule has 0 spiro atoms. The maximum atomic E-state index is 11.5. The molecule has 2 N–H and O–H groups in total. The van der Waals surface area contributed by atoms with Crippen LogP contribution in [0.5, 0.6) is 0 Å². The molecule has 4 heteroatoms. The van der Waals surface area contributed by atoms with Crippen molar-refractivity contribution in [3.05, 3.63) is 35.0 Å². The van der Waals surface area contributed by atoms with Crippen LogP contribution in [0.25, 0.3) is 11.0 Å². The molecule has 0 amide bonds. The van der Waals surface area contributed by atoms with Crippen molar-refractivity contribution in [1.29, 1.82) is 0 Å². The van der Waals surface area contributed by atoms with Crippen LogP contribution in [0.15, 0.2) is 28.9 Å².